The third kappa shape index (κ3) is 4.36. The largest absolute Gasteiger partial charge is 0.325 e. The van der Waals surface area contributed by atoms with Crippen LogP contribution in [0.15, 0.2) is 48.5 Å². The molecule has 0 aliphatic carbocycles. The van der Waals surface area contributed by atoms with Gasteiger partial charge in [0.05, 0.1) is 6.54 Å². The summed E-state index contributed by atoms with van der Waals surface area (Å²) in [7, 11) is 0. The van der Waals surface area contributed by atoms with Crippen molar-refractivity contribution in [2.75, 3.05) is 11.9 Å². The first-order valence-electron chi connectivity index (χ1n) is 6.59. The molecule has 2 N–H and O–H groups in total. The zero-order valence-electron chi connectivity index (χ0n) is 11.6. The number of amides is 1. The lowest BCUT2D eigenvalue weighted by atomic mass is 10.1. The number of carbonyl (C=O) groups excluding carboxylic acids is 1. The molecule has 5 heteroatoms. The van der Waals surface area contributed by atoms with Crippen molar-refractivity contribution in [3.8, 4) is 0 Å². The molecule has 0 saturated heterocycles. The van der Waals surface area contributed by atoms with E-state index >= 15 is 0 Å². The summed E-state index contributed by atoms with van der Waals surface area (Å²) in [5.74, 6) is -1.05. The molecule has 1 atom stereocenters. The standard InChI is InChI=1S/C16H16F2N2O/c1-11(14-7-2-3-8-15(14)18)19-10-16(21)20-13-6-4-5-12(17)9-13/h2-9,11,19H,10H2,1H3,(H,20,21)/t11-/m1/s1. The van der Waals surface area contributed by atoms with E-state index in [0.29, 0.717) is 11.3 Å². The fourth-order valence-corrected chi connectivity index (χ4v) is 1.95. The molecule has 2 aromatic carbocycles. The minimum atomic E-state index is -0.416. The van der Waals surface area contributed by atoms with Crippen LogP contribution in [0.3, 0.4) is 0 Å². The molecule has 21 heavy (non-hydrogen) atoms. The fraction of sp³-hybridized carbons (Fsp3) is 0.188. The molecule has 0 radical (unpaired) electrons. The van der Waals surface area contributed by atoms with E-state index in [2.05, 4.69) is 10.6 Å². The lowest BCUT2D eigenvalue weighted by Gasteiger charge is -2.14. The van der Waals surface area contributed by atoms with Crippen LogP contribution in [-0.4, -0.2) is 12.5 Å². The molecule has 0 aliphatic rings. The second kappa shape index (κ2) is 6.95. The van der Waals surface area contributed by atoms with Crippen LogP contribution in [0, 0.1) is 11.6 Å². The van der Waals surface area contributed by atoms with Crippen molar-refractivity contribution in [3.05, 3.63) is 65.7 Å². The van der Waals surface area contributed by atoms with E-state index in [4.69, 9.17) is 0 Å². The maximum Gasteiger partial charge on any atom is 0.238 e. The Balaban J connectivity index is 1.88. The summed E-state index contributed by atoms with van der Waals surface area (Å²) >= 11 is 0. The van der Waals surface area contributed by atoms with E-state index < -0.39 is 5.82 Å². The Morgan fingerprint density at radius 2 is 1.90 bits per heavy atom. The first-order valence-corrected chi connectivity index (χ1v) is 6.59. The van der Waals surface area contributed by atoms with Crippen LogP contribution >= 0.6 is 0 Å². The summed E-state index contributed by atoms with van der Waals surface area (Å²) in [5.41, 5.74) is 0.886. The van der Waals surface area contributed by atoms with Crippen LogP contribution in [0.25, 0.3) is 0 Å². The number of hydrogen-bond acceptors (Lipinski definition) is 2. The van der Waals surface area contributed by atoms with E-state index in [1.165, 1.54) is 24.3 Å². The van der Waals surface area contributed by atoms with Gasteiger partial charge in [-0.25, -0.2) is 8.78 Å². The second-order valence-corrected chi connectivity index (χ2v) is 4.68. The first-order chi connectivity index (χ1) is 10.1. The van der Waals surface area contributed by atoms with Gasteiger partial charge >= 0.3 is 0 Å². The number of benzene rings is 2. The SMILES string of the molecule is C[C@@H](NCC(=O)Nc1cccc(F)c1)c1ccccc1F. The monoisotopic (exact) mass is 290 g/mol. The van der Waals surface area contributed by atoms with E-state index in [1.54, 1.807) is 31.2 Å². The maximum absolute atomic E-state index is 13.6. The summed E-state index contributed by atoms with van der Waals surface area (Å²) in [6.45, 7) is 1.78. The summed E-state index contributed by atoms with van der Waals surface area (Å²) in [5, 5.41) is 5.50. The fourth-order valence-electron chi connectivity index (χ4n) is 1.95. The first kappa shape index (κ1) is 15.1. The average molecular weight is 290 g/mol. The molecular formula is C16H16F2N2O. The Labute approximate surface area is 122 Å². The molecule has 110 valence electrons. The molecule has 0 unspecified atom stereocenters. The molecule has 0 aliphatic heterocycles. The van der Waals surface area contributed by atoms with Crippen LogP contribution in [0.5, 0.6) is 0 Å². The Bertz CT molecular complexity index is 631. The van der Waals surface area contributed by atoms with Crippen LogP contribution in [0.1, 0.15) is 18.5 Å². The second-order valence-electron chi connectivity index (χ2n) is 4.68. The van der Waals surface area contributed by atoms with Crippen LogP contribution in [-0.2, 0) is 4.79 Å². The van der Waals surface area contributed by atoms with E-state index in [1.807, 2.05) is 0 Å². The molecular weight excluding hydrogens is 274 g/mol. The molecule has 2 rings (SSSR count). The highest BCUT2D eigenvalue weighted by Crippen LogP contribution is 2.15. The van der Waals surface area contributed by atoms with Gasteiger partial charge in [-0.3, -0.25) is 4.79 Å². The maximum atomic E-state index is 13.6. The molecule has 0 saturated carbocycles. The van der Waals surface area contributed by atoms with Gasteiger partial charge in [-0.05, 0) is 31.2 Å². The molecule has 0 fully saturated rings. The minimum absolute atomic E-state index is 0.00597. The molecule has 3 nitrogen and oxygen atoms in total. The zero-order chi connectivity index (χ0) is 15.2. The van der Waals surface area contributed by atoms with E-state index in [-0.39, 0.29) is 24.3 Å². The molecule has 0 aromatic heterocycles. The quantitative estimate of drug-likeness (QED) is 0.887. The van der Waals surface area contributed by atoms with Crippen molar-refractivity contribution < 1.29 is 13.6 Å². The lowest BCUT2D eigenvalue weighted by Crippen LogP contribution is -2.30. The highest BCUT2D eigenvalue weighted by molar-refractivity contribution is 5.92. The van der Waals surface area contributed by atoms with Crippen molar-refractivity contribution in [2.45, 2.75) is 13.0 Å². The Morgan fingerprint density at radius 1 is 1.14 bits per heavy atom. The summed E-state index contributed by atoms with van der Waals surface area (Å²) < 4.78 is 26.6. The lowest BCUT2D eigenvalue weighted by molar-refractivity contribution is -0.115. The van der Waals surface area contributed by atoms with Crippen molar-refractivity contribution in [1.82, 2.24) is 5.32 Å². The number of halogens is 2. The number of hydrogen-bond donors (Lipinski definition) is 2. The van der Waals surface area contributed by atoms with Gasteiger partial charge in [0.15, 0.2) is 0 Å². The van der Waals surface area contributed by atoms with Crippen molar-refractivity contribution in [2.24, 2.45) is 0 Å². The smallest absolute Gasteiger partial charge is 0.238 e. The van der Waals surface area contributed by atoms with Crippen molar-refractivity contribution in [1.29, 1.82) is 0 Å². The number of carbonyl (C=O) groups is 1. The van der Waals surface area contributed by atoms with Gasteiger partial charge in [0.25, 0.3) is 0 Å². The van der Waals surface area contributed by atoms with Gasteiger partial charge in [-0.15, -0.1) is 0 Å². The van der Waals surface area contributed by atoms with Gasteiger partial charge in [-0.2, -0.15) is 0 Å². The van der Waals surface area contributed by atoms with Crippen LogP contribution in [0.4, 0.5) is 14.5 Å². The minimum Gasteiger partial charge on any atom is -0.325 e. The zero-order valence-corrected chi connectivity index (χ0v) is 11.6. The summed E-state index contributed by atoms with van der Waals surface area (Å²) in [4.78, 5) is 11.8. The molecule has 0 bridgehead atoms. The Hall–Kier alpha value is -2.27. The van der Waals surface area contributed by atoms with E-state index in [0.717, 1.165) is 0 Å². The van der Waals surface area contributed by atoms with Crippen LogP contribution < -0.4 is 10.6 Å². The summed E-state index contributed by atoms with van der Waals surface area (Å²) in [6.07, 6.45) is 0. The van der Waals surface area contributed by atoms with Crippen LogP contribution in [0.2, 0.25) is 0 Å². The molecule has 0 spiro atoms. The predicted octanol–water partition coefficient (Wildman–Crippen LogP) is 3.25. The third-order valence-electron chi connectivity index (χ3n) is 3.05. The average Bonchev–Trinajstić information content (AvgIpc) is 2.45. The molecule has 0 heterocycles. The van der Waals surface area contributed by atoms with Gasteiger partial charge in [0, 0.05) is 17.3 Å². The normalized spacial score (nSPS) is 12.0. The van der Waals surface area contributed by atoms with Gasteiger partial charge in [0.1, 0.15) is 11.6 Å². The van der Waals surface area contributed by atoms with Crippen molar-refractivity contribution in [3.63, 3.8) is 0 Å². The van der Waals surface area contributed by atoms with Gasteiger partial charge in [0.2, 0.25) is 5.91 Å². The highest BCUT2D eigenvalue weighted by Gasteiger charge is 2.11. The number of rotatable bonds is 5. The topological polar surface area (TPSA) is 41.1 Å². The van der Waals surface area contributed by atoms with Crippen molar-refractivity contribution >= 4 is 11.6 Å². The number of anilines is 1. The van der Waals surface area contributed by atoms with Gasteiger partial charge in [-0.1, -0.05) is 24.3 Å². The van der Waals surface area contributed by atoms with Gasteiger partial charge < -0.3 is 10.6 Å². The molecule has 1 amide bonds. The summed E-state index contributed by atoms with van der Waals surface area (Å²) in [6, 6.07) is 11.7. The Morgan fingerprint density at radius 3 is 2.62 bits per heavy atom. The predicted molar refractivity (Wildman–Crippen MR) is 77.8 cm³/mol. The van der Waals surface area contributed by atoms with E-state index in [9.17, 15) is 13.6 Å². The number of nitrogens with one attached hydrogen (secondary N) is 2. The highest BCUT2D eigenvalue weighted by atomic mass is 19.1. The Kier molecular flexibility index (Phi) is 5.00. The molecule has 2 aromatic rings. The third-order valence-corrected chi connectivity index (χ3v) is 3.05.